The van der Waals surface area contributed by atoms with Crippen molar-refractivity contribution in [2.75, 3.05) is 6.61 Å². The molecule has 0 amide bonds. The molecule has 0 fully saturated rings. The average molecular weight is 400 g/mol. The minimum atomic E-state index is -0.422. The van der Waals surface area contributed by atoms with Crippen molar-refractivity contribution < 1.29 is 14.3 Å². The molecule has 5 heteroatoms. The van der Waals surface area contributed by atoms with E-state index in [1.54, 1.807) is 30.3 Å². The summed E-state index contributed by atoms with van der Waals surface area (Å²) >= 11 is 6.70. The predicted molar refractivity (Wildman–Crippen MR) is 84.4 cm³/mol. The highest BCUT2D eigenvalue weighted by Gasteiger charge is 2.12. The van der Waals surface area contributed by atoms with Crippen molar-refractivity contribution >= 4 is 37.8 Å². The Morgan fingerprint density at radius 3 is 2.65 bits per heavy atom. The lowest BCUT2D eigenvalue weighted by molar-refractivity contribution is 0.0733. The molecule has 2 rings (SSSR count). The maximum atomic E-state index is 12.1. The van der Waals surface area contributed by atoms with Gasteiger partial charge in [-0.15, -0.1) is 0 Å². The maximum absolute atomic E-state index is 12.1. The van der Waals surface area contributed by atoms with Crippen LogP contribution in [0, 0.1) is 0 Å². The van der Waals surface area contributed by atoms with Crippen LogP contribution in [-0.4, -0.2) is 12.6 Å². The van der Waals surface area contributed by atoms with E-state index in [0.29, 0.717) is 28.1 Å². The Hall–Kier alpha value is -1.33. The fraction of sp³-hybridized carbons (Fsp3) is 0.133. The van der Waals surface area contributed by atoms with Gasteiger partial charge >= 0.3 is 5.97 Å². The van der Waals surface area contributed by atoms with Gasteiger partial charge in [-0.3, -0.25) is 0 Å². The van der Waals surface area contributed by atoms with Crippen LogP contribution in [0.2, 0.25) is 0 Å². The summed E-state index contributed by atoms with van der Waals surface area (Å²) in [6, 6.07) is 12.3. The largest absolute Gasteiger partial charge is 0.494 e. The van der Waals surface area contributed by atoms with Crippen molar-refractivity contribution in [2.24, 2.45) is 0 Å². The van der Waals surface area contributed by atoms with Crippen LogP contribution in [0.4, 0.5) is 0 Å². The van der Waals surface area contributed by atoms with Crippen LogP contribution in [0.3, 0.4) is 0 Å². The van der Waals surface area contributed by atoms with Gasteiger partial charge in [0, 0.05) is 4.47 Å². The summed E-state index contributed by atoms with van der Waals surface area (Å²) in [4.78, 5) is 12.1. The topological polar surface area (TPSA) is 35.5 Å². The molecule has 2 aromatic carbocycles. The minimum absolute atomic E-state index is 0.422. The molecule has 0 saturated heterocycles. The summed E-state index contributed by atoms with van der Waals surface area (Å²) in [5.41, 5.74) is 0.450. The Kier molecular flexibility index (Phi) is 5.20. The molecule has 0 heterocycles. The molecule has 0 aromatic heterocycles. The van der Waals surface area contributed by atoms with E-state index in [1.807, 2.05) is 19.1 Å². The van der Waals surface area contributed by atoms with Crippen LogP contribution < -0.4 is 9.47 Å². The summed E-state index contributed by atoms with van der Waals surface area (Å²) in [5, 5.41) is 0. The third kappa shape index (κ3) is 3.84. The molecule has 104 valence electrons. The van der Waals surface area contributed by atoms with Crippen LogP contribution in [0.25, 0.3) is 0 Å². The van der Waals surface area contributed by atoms with Gasteiger partial charge in [-0.05, 0) is 59.3 Å². The zero-order valence-corrected chi connectivity index (χ0v) is 13.9. The Labute approximate surface area is 134 Å². The van der Waals surface area contributed by atoms with Crippen LogP contribution in [0.5, 0.6) is 11.5 Å². The number of esters is 1. The van der Waals surface area contributed by atoms with Gasteiger partial charge in [-0.1, -0.05) is 22.0 Å². The molecule has 0 bridgehead atoms. The van der Waals surface area contributed by atoms with E-state index >= 15 is 0 Å². The average Bonchev–Trinajstić information content (AvgIpc) is 2.42. The standard InChI is InChI=1S/C15H12Br2O3/c1-2-19-12-5-3-4-10(8-12)15(18)20-14-7-6-11(16)9-13(14)17/h3-9H,2H2,1H3. The number of hydrogen-bond acceptors (Lipinski definition) is 3. The van der Waals surface area contributed by atoms with Crippen LogP contribution in [0.1, 0.15) is 17.3 Å². The molecule has 0 aliphatic rings. The van der Waals surface area contributed by atoms with Gasteiger partial charge in [0.05, 0.1) is 16.6 Å². The van der Waals surface area contributed by atoms with Crippen LogP contribution in [-0.2, 0) is 0 Å². The third-order valence-corrected chi connectivity index (χ3v) is 3.59. The number of rotatable bonds is 4. The van der Waals surface area contributed by atoms with Crippen molar-refractivity contribution in [3.05, 3.63) is 57.0 Å². The Morgan fingerprint density at radius 1 is 1.15 bits per heavy atom. The Bertz CT molecular complexity index is 626. The van der Waals surface area contributed by atoms with Gasteiger partial charge in [0.2, 0.25) is 0 Å². The highest BCUT2D eigenvalue weighted by molar-refractivity contribution is 9.11. The zero-order chi connectivity index (χ0) is 14.5. The normalized spacial score (nSPS) is 10.2. The van der Waals surface area contributed by atoms with Crippen molar-refractivity contribution in [1.82, 2.24) is 0 Å². The molecule has 0 aliphatic heterocycles. The number of carbonyl (C=O) groups is 1. The number of ether oxygens (including phenoxy) is 2. The molecule has 0 aliphatic carbocycles. The molecular formula is C15H12Br2O3. The fourth-order valence-electron chi connectivity index (χ4n) is 1.60. The van der Waals surface area contributed by atoms with Crippen LogP contribution in [0.15, 0.2) is 51.4 Å². The number of carbonyl (C=O) groups excluding carboxylic acids is 1. The lowest BCUT2D eigenvalue weighted by Crippen LogP contribution is -2.09. The van der Waals surface area contributed by atoms with E-state index < -0.39 is 5.97 Å². The summed E-state index contributed by atoms with van der Waals surface area (Å²) < 4.78 is 12.3. The first kappa shape index (κ1) is 15.1. The summed E-state index contributed by atoms with van der Waals surface area (Å²) in [7, 11) is 0. The van der Waals surface area contributed by atoms with Crippen molar-refractivity contribution in [1.29, 1.82) is 0 Å². The van der Waals surface area contributed by atoms with Crippen molar-refractivity contribution in [3.63, 3.8) is 0 Å². The highest BCUT2D eigenvalue weighted by atomic mass is 79.9. The molecule has 0 unspecified atom stereocenters. The smallest absolute Gasteiger partial charge is 0.343 e. The molecule has 3 nitrogen and oxygen atoms in total. The van der Waals surface area contributed by atoms with Crippen LogP contribution >= 0.6 is 31.9 Å². The second-order valence-corrected chi connectivity index (χ2v) is 5.70. The zero-order valence-electron chi connectivity index (χ0n) is 10.7. The Balaban J connectivity index is 2.17. The third-order valence-electron chi connectivity index (χ3n) is 2.48. The monoisotopic (exact) mass is 398 g/mol. The summed E-state index contributed by atoms with van der Waals surface area (Å²) in [6.45, 7) is 2.45. The van der Waals surface area contributed by atoms with E-state index in [2.05, 4.69) is 31.9 Å². The molecule has 0 saturated carbocycles. The molecule has 20 heavy (non-hydrogen) atoms. The first-order valence-electron chi connectivity index (χ1n) is 6.00. The lowest BCUT2D eigenvalue weighted by Gasteiger charge is -2.08. The van der Waals surface area contributed by atoms with E-state index in [9.17, 15) is 4.79 Å². The minimum Gasteiger partial charge on any atom is -0.494 e. The second kappa shape index (κ2) is 6.90. The lowest BCUT2D eigenvalue weighted by atomic mass is 10.2. The van der Waals surface area contributed by atoms with Gasteiger partial charge < -0.3 is 9.47 Å². The van der Waals surface area contributed by atoms with E-state index in [0.717, 1.165) is 4.47 Å². The van der Waals surface area contributed by atoms with Gasteiger partial charge in [-0.2, -0.15) is 0 Å². The quantitative estimate of drug-likeness (QED) is 0.545. The van der Waals surface area contributed by atoms with E-state index in [4.69, 9.17) is 9.47 Å². The fourth-order valence-corrected chi connectivity index (χ4v) is 2.72. The first-order chi connectivity index (χ1) is 9.60. The molecule has 0 spiro atoms. The maximum Gasteiger partial charge on any atom is 0.343 e. The SMILES string of the molecule is CCOc1cccc(C(=O)Oc2ccc(Br)cc2Br)c1. The number of halogens is 2. The van der Waals surface area contributed by atoms with Gasteiger partial charge in [0.25, 0.3) is 0 Å². The molecule has 2 aromatic rings. The number of hydrogen-bond donors (Lipinski definition) is 0. The second-order valence-electron chi connectivity index (χ2n) is 3.93. The molecule has 0 N–H and O–H groups in total. The van der Waals surface area contributed by atoms with E-state index in [-0.39, 0.29) is 0 Å². The van der Waals surface area contributed by atoms with Gasteiger partial charge in [0.15, 0.2) is 0 Å². The van der Waals surface area contributed by atoms with Gasteiger partial charge in [0.1, 0.15) is 11.5 Å². The highest BCUT2D eigenvalue weighted by Crippen LogP contribution is 2.29. The Morgan fingerprint density at radius 2 is 1.95 bits per heavy atom. The molecular weight excluding hydrogens is 388 g/mol. The summed E-state index contributed by atoms with van der Waals surface area (Å²) in [6.07, 6.45) is 0. The predicted octanol–water partition coefficient (Wildman–Crippen LogP) is 4.83. The van der Waals surface area contributed by atoms with Gasteiger partial charge in [-0.25, -0.2) is 4.79 Å². The van der Waals surface area contributed by atoms with Crippen molar-refractivity contribution in [3.8, 4) is 11.5 Å². The van der Waals surface area contributed by atoms with Crippen molar-refractivity contribution in [2.45, 2.75) is 6.92 Å². The first-order valence-corrected chi connectivity index (χ1v) is 7.59. The van der Waals surface area contributed by atoms with E-state index in [1.165, 1.54) is 0 Å². The summed E-state index contributed by atoms with van der Waals surface area (Å²) in [5.74, 6) is 0.700. The molecule has 0 radical (unpaired) electrons. The molecule has 0 atom stereocenters. The number of benzene rings is 2.